The Labute approximate surface area is 451 Å². The summed E-state index contributed by atoms with van der Waals surface area (Å²) >= 11 is 0. The van der Waals surface area contributed by atoms with Crippen LogP contribution in [0.25, 0.3) is 92.1 Å². The van der Waals surface area contributed by atoms with E-state index >= 15 is 0 Å². The van der Waals surface area contributed by atoms with E-state index in [4.69, 9.17) is 6.57 Å². The van der Waals surface area contributed by atoms with Crippen LogP contribution in [-0.2, 0) is 10.8 Å². The summed E-state index contributed by atoms with van der Waals surface area (Å²) in [5.74, 6) is 0. The summed E-state index contributed by atoms with van der Waals surface area (Å²) in [5, 5.41) is 21.6. The summed E-state index contributed by atoms with van der Waals surface area (Å²) in [6.07, 6.45) is 0. The SMILES string of the molecule is [C-]#[N+]c1cc2c(N3c4ccccc4C(C)(C)c4ccc5c(c43)c3ccccc3n5-c3ccccc3)ccc3c(C#N)cc4c(N5c6ccccc6C(C)(C)c6ccc7c(c65)c5ccccc5n7-c5ccccc5)ccc1c4c32. The van der Waals surface area contributed by atoms with Crippen molar-refractivity contribution in [2.45, 2.75) is 38.5 Å². The molecule has 14 aromatic rings. The number of para-hydroxylation sites is 6. The van der Waals surface area contributed by atoms with Crippen molar-refractivity contribution in [1.29, 1.82) is 5.26 Å². The van der Waals surface area contributed by atoms with Crippen molar-refractivity contribution in [2.24, 2.45) is 0 Å². The zero-order valence-electron chi connectivity index (χ0n) is 43.5. The number of nitrogens with zero attached hydrogens (tertiary/aromatic N) is 6. The Hall–Kier alpha value is -10.1. The van der Waals surface area contributed by atoms with Crippen LogP contribution < -0.4 is 9.80 Å². The summed E-state index contributed by atoms with van der Waals surface area (Å²) in [6.45, 7) is 18.3. The smallest absolute Gasteiger partial charge is 0.195 e. The highest BCUT2D eigenvalue weighted by atomic mass is 15.2. The van der Waals surface area contributed by atoms with E-state index < -0.39 is 0 Å². The van der Waals surface area contributed by atoms with E-state index in [1.54, 1.807) is 0 Å². The number of benzene rings is 12. The van der Waals surface area contributed by atoms with E-state index in [2.05, 4.69) is 276 Å². The normalized spacial score (nSPS) is 14.3. The number of hydrogen-bond donors (Lipinski definition) is 0. The minimum Gasteiger partial charge on any atom is -0.309 e. The molecule has 78 heavy (non-hydrogen) atoms. The summed E-state index contributed by atoms with van der Waals surface area (Å²) in [7, 11) is 0. The van der Waals surface area contributed by atoms with E-state index in [1.165, 1.54) is 22.3 Å². The number of hydrogen-bond acceptors (Lipinski definition) is 3. The van der Waals surface area contributed by atoms with Gasteiger partial charge in [-0.05, 0) is 129 Å². The Morgan fingerprint density at radius 1 is 0.372 bits per heavy atom. The first kappa shape index (κ1) is 44.2. The average molecular weight is 997 g/mol. The topological polar surface area (TPSA) is 44.5 Å². The highest BCUT2D eigenvalue weighted by Gasteiger charge is 2.42. The van der Waals surface area contributed by atoms with Crippen LogP contribution >= 0.6 is 0 Å². The van der Waals surface area contributed by atoms with E-state index in [0.717, 1.165) is 121 Å². The van der Waals surface area contributed by atoms with Crippen LogP contribution in [0, 0.1) is 17.9 Å². The van der Waals surface area contributed by atoms with Crippen LogP contribution in [0.2, 0.25) is 0 Å². The Kier molecular flexibility index (Phi) is 8.90. The van der Waals surface area contributed by atoms with Crippen molar-refractivity contribution in [1.82, 2.24) is 9.13 Å². The van der Waals surface area contributed by atoms with Crippen LogP contribution in [-0.4, -0.2) is 9.13 Å². The third kappa shape index (κ3) is 5.63. The predicted octanol–water partition coefficient (Wildman–Crippen LogP) is 19.4. The van der Waals surface area contributed by atoms with Gasteiger partial charge in [0.05, 0.1) is 74.4 Å². The van der Waals surface area contributed by atoms with Crippen LogP contribution in [0.4, 0.5) is 39.8 Å². The molecule has 0 saturated carbocycles. The Morgan fingerprint density at radius 3 is 1.31 bits per heavy atom. The lowest BCUT2D eigenvalue weighted by Gasteiger charge is -2.43. The molecule has 0 amide bonds. The molecule has 16 rings (SSSR count). The maximum Gasteiger partial charge on any atom is 0.195 e. The molecule has 4 heterocycles. The molecule has 0 spiro atoms. The standard InChI is InChI=1S/C72H48N6/c1-71(2)52-26-14-18-30-61(52)77(69-54(71)34-38-63-67(69)48-24-12-16-28-57(48)75(63)44-20-8-6-9-21-44)59-37-33-47-56(74-5)41-51-60(36-32-46-43(42-73)40-50(59)66(47)65(46)51)78-62-31-19-15-27-53(62)72(3,4)55-35-39-64-68(70(55)78)49-25-13-17-29-58(49)76(64)45-22-10-7-11-23-45/h6-41H,1-4H3. The van der Waals surface area contributed by atoms with Gasteiger partial charge in [0.2, 0.25) is 0 Å². The van der Waals surface area contributed by atoms with E-state index in [0.29, 0.717) is 11.3 Å². The maximum atomic E-state index is 11.4. The lowest BCUT2D eigenvalue weighted by Crippen LogP contribution is -2.31. The minimum absolute atomic E-state index is 0.366. The van der Waals surface area contributed by atoms with Gasteiger partial charge in [0.25, 0.3) is 0 Å². The van der Waals surface area contributed by atoms with Crippen LogP contribution in [0.3, 0.4) is 0 Å². The van der Waals surface area contributed by atoms with Crippen LogP contribution in [0.15, 0.2) is 218 Å². The molecule has 0 unspecified atom stereocenters. The van der Waals surface area contributed by atoms with Gasteiger partial charge in [-0.2, -0.15) is 5.26 Å². The fraction of sp³-hybridized carbons (Fsp3) is 0.0833. The molecule has 366 valence electrons. The summed E-state index contributed by atoms with van der Waals surface area (Å²) in [4.78, 5) is 9.33. The first-order valence-electron chi connectivity index (χ1n) is 26.8. The van der Waals surface area contributed by atoms with Crippen LogP contribution in [0.5, 0.6) is 0 Å². The maximum absolute atomic E-state index is 11.4. The third-order valence-electron chi connectivity index (χ3n) is 17.6. The molecule has 0 aliphatic carbocycles. The molecular weight excluding hydrogens is 949 g/mol. The van der Waals surface area contributed by atoms with Gasteiger partial charge in [0, 0.05) is 54.5 Å². The highest BCUT2D eigenvalue weighted by molar-refractivity contribution is 6.33. The molecule has 2 aromatic heterocycles. The molecule has 0 atom stereocenters. The van der Waals surface area contributed by atoms with Gasteiger partial charge in [-0.15, -0.1) is 0 Å². The average Bonchev–Trinajstić information content (AvgIpc) is 3.12. The van der Waals surface area contributed by atoms with Crippen LogP contribution in [0.1, 0.15) is 55.5 Å². The minimum atomic E-state index is -0.366. The molecule has 2 aliphatic rings. The van der Waals surface area contributed by atoms with Crippen molar-refractivity contribution in [3.05, 3.63) is 258 Å². The highest BCUT2D eigenvalue weighted by Crippen LogP contribution is 2.61. The van der Waals surface area contributed by atoms with Gasteiger partial charge in [0.1, 0.15) is 0 Å². The second-order valence-electron chi connectivity index (χ2n) is 22.2. The molecule has 6 nitrogen and oxygen atoms in total. The first-order valence-corrected chi connectivity index (χ1v) is 26.8. The van der Waals surface area contributed by atoms with Crippen molar-refractivity contribution >= 4 is 116 Å². The molecule has 0 radical (unpaired) electrons. The van der Waals surface area contributed by atoms with Crippen molar-refractivity contribution in [3.63, 3.8) is 0 Å². The second kappa shape index (κ2) is 15.7. The van der Waals surface area contributed by atoms with Crippen molar-refractivity contribution in [2.75, 3.05) is 9.80 Å². The summed E-state index contributed by atoms with van der Waals surface area (Å²) in [5.41, 5.74) is 18.3. The summed E-state index contributed by atoms with van der Waals surface area (Å²) < 4.78 is 4.78. The van der Waals surface area contributed by atoms with Crippen molar-refractivity contribution in [3.8, 4) is 17.4 Å². The molecule has 2 aliphatic heterocycles. The van der Waals surface area contributed by atoms with E-state index in [1.807, 2.05) is 0 Å². The van der Waals surface area contributed by atoms with Gasteiger partial charge in [0.15, 0.2) is 5.69 Å². The third-order valence-corrected chi connectivity index (χ3v) is 17.6. The zero-order chi connectivity index (χ0) is 52.3. The second-order valence-corrected chi connectivity index (χ2v) is 22.2. The van der Waals surface area contributed by atoms with Gasteiger partial charge < -0.3 is 18.9 Å². The predicted molar refractivity (Wildman–Crippen MR) is 323 cm³/mol. The molecular formula is C72H48N6. The quantitative estimate of drug-likeness (QED) is 0.130. The number of anilines is 6. The number of nitriles is 1. The molecule has 0 fully saturated rings. The van der Waals surface area contributed by atoms with E-state index in [9.17, 15) is 5.26 Å². The monoisotopic (exact) mass is 996 g/mol. The largest absolute Gasteiger partial charge is 0.309 e. The molecule has 6 heteroatoms. The number of rotatable bonds is 4. The Bertz CT molecular complexity index is 4690. The fourth-order valence-corrected chi connectivity index (χ4v) is 14.2. The van der Waals surface area contributed by atoms with Gasteiger partial charge >= 0.3 is 0 Å². The Morgan fingerprint density at radius 2 is 0.808 bits per heavy atom. The van der Waals surface area contributed by atoms with E-state index in [-0.39, 0.29) is 10.8 Å². The molecule has 0 N–H and O–H groups in total. The number of aromatic nitrogens is 2. The first-order chi connectivity index (χ1) is 38.2. The van der Waals surface area contributed by atoms with Gasteiger partial charge in [-0.3, -0.25) is 0 Å². The Balaban J connectivity index is 1.04. The molecule has 0 saturated heterocycles. The van der Waals surface area contributed by atoms with Gasteiger partial charge in [-0.1, -0.05) is 161 Å². The summed E-state index contributed by atoms with van der Waals surface area (Å²) in [6, 6.07) is 81.4. The van der Waals surface area contributed by atoms with Crippen molar-refractivity contribution < 1.29 is 0 Å². The molecule has 0 bridgehead atoms. The molecule has 12 aromatic carbocycles. The zero-order valence-corrected chi connectivity index (χ0v) is 43.5. The fourth-order valence-electron chi connectivity index (χ4n) is 14.2. The number of fused-ring (bicyclic) bond motifs is 12. The lowest BCUT2D eigenvalue weighted by molar-refractivity contribution is 0.633. The lowest BCUT2D eigenvalue weighted by atomic mass is 9.72. The van der Waals surface area contributed by atoms with Gasteiger partial charge in [-0.25, -0.2) is 4.85 Å².